The van der Waals surface area contributed by atoms with Crippen LogP contribution in [0.15, 0.2) is 60.1 Å². The van der Waals surface area contributed by atoms with E-state index in [2.05, 4.69) is 10.3 Å². The number of pyridine rings is 1. The van der Waals surface area contributed by atoms with Crippen molar-refractivity contribution in [3.8, 4) is 0 Å². The highest BCUT2D eigenvalue weighted by atomic mass is 16.1. The second kappa shape index (κ2) is 5.10. The molecule has 0 spiro atoms. The van der Waals surface area contributed by atoms with Crippen molar-refractivity contribution in [1.29, 1.82) is 0 Å². The summed E-state index contributed by atoms with van der Waals surface area (Å²) in [4.78, 5) is 15.2. The standard InChI is InChI=1S/C15H12BN2O/c19-10-18-15(13-4-1-7-16-13)12-6-5-11-3-2-8-17-14(11)9-12/h1-10,15H,(H,18,19). The molecule has 4 heteroatoms. The van der Waals surface area contributed by atoms with E-state index in [4.69, 9.17) is 0 Å². The molecule has 0 fully saturated rings. The minimum atomic E-state index is -0.126. The molecule has 3 rings (SSSR count). The van der Waals surface area contributed by atoms with Crippen molar-refractivity contribution in [2.45, 2.75) is 6.04 Å². The van der Waals surface area contributed by atoms with E-state index in [-0.39, 0.29) is 6.04 Å². The van der Waals surface area contributed by atoms with E-state index in [9.17, 15) is 4.79 Å². The number of nitrogens with one attached hydrogen (secondary N) is 1. The van der Waals surface area contributed by atoms with Crippen LogP contribution in [0.25, 0.3) is 10.9 Å². The summed E-state index contributed by atoms with van der Waals surface area (Å²) in [5.41, 5.74) is 3.04. The highest BCUT2D eigenvalue weighted by Gasteiger charge is 2.17. The zero-order valence-corrected chi connectivity index (χ0v) is 10.3. The predicted octanol–water partition coefficient (Wildman–Crippen LogP) is 2.14. The molecule has 0 saturated heterocycles. The highest BCUT2D eigenvalue weighted by Crippen LogP contribution is 2.25. The quantitative estimate of drug-likeness (QED) is 0.664. The van der Waals surface area contributed by atoms with Crippen molar-refractivity contribution < 1.29 is 4.79 Å². The summed E-state index contributed by atoms with van der Waals surface area (Å²) in [6.45, 7) is 0. The van der Waals surface area contributed by atoms with E-state index < -0.39 is 0 Å². The first-order valence-corrected chi connectivity index (χ1v) is 6.14. The van der Waals surface area contributed by atoms with E-state index in [0.717, 1.165) is 28.3 Å². The van der Waals surface area contributed by atoms with E-state index in [1.165, 1.54) is 0 Å². The summed E-state index contributed by atoms with van der Waals surface area (Å²) in [5, 5.41) is 3.95. The van der Waals surface area contributed by atoms with Gasteiger partial charge in [0.1, 0.15) is 0 Å². The number of allylic oxidation sites excluding steroid dienone is 2. The number of carbonyl (C=O) groups is 1. The molecular weight excluding hydrogens is 235 g/mol. The van der Waals surface area contributed by atoms with Crippen LogP contribution in [0.2, 0.25) is 0 Å². The molecule has 0 bridgehead atoms. The van der Waals surface area contributed by atoms with E-state index in [1.54, 1.807) is 6.20 Å². The summed E-state index contributed by atoms with van der Waals surface area (Å²) < 4.78 is 0. The van der Waals surface area contributed by atoms with Crippen LogP contribution in [0.1, 0.15) is 11.6 Å². The van der Waals surface area contributed by atoms with Crippen molar-refractivity contribution in [2.24, 2.45) is 0 Å². The molecule has 1 N–H and O–H groups in total. The van der Waals surface area contributed by atoms with Crippen LogP contribution in [0.5, 0.6) is 0 Å². The van der Waals surface area contributed by atoms with Gasteiger partial charge in [0.15, 0.2) is 7.28 Å². The number of hydrogen-bond donors (Lipinski definition) is 1. The van der Waals surface area contributed by atoms with Gasteiger partial charge in [0.2, 0.25) is 6.41 Å². The third-order valence-electron chi connectivity index (χ3n) is 3.22. The number of fused-ring (bicyclic) bond motifs is 1. The number of hydrogen-bond acceptors (Lipinski definition) is 2. The second-order valence-corrected chi connectivity index (χ2v) is 4.39. The number of rotatable bonds is 4. The molecule has 1 radical (unpaired) electrons. The normalized spacial score (nSPS) is 14.8. The van der Waals surface area contributed by atoms with Crippen LogP contribution < -0.4 is 5.32 Å². The fourth-order valence-corrected chi connectivity index (χ4v) is 2.30. The maximum atomic E-state index is 10.8. The molecule has 1 aromatic heterocycles. The predicted molar refractivity (Wildman–Crippen MR) is 76.7 cm³/mol. The smallest absolute Gasteiger partial charge is 0.207 e. The summed E-state index contributed by atoms with van der Waals surface area (Å²) in [7, 11) is 2.00. The Bertz CT molecular complexity index is 679. The number of nitrogens with zero attached hydrogens (tertiary/aromatic N) is 1. The average molecular weight is 247 g/mol. The van der Waals surface area contributed by atoms with Gasteiger partial charge in [-0.05, 0) is 17.7 Å². The Balaban J connectivity index is 2.02. The zero-order valence-electron chi connectivity index (χ0n) is 10.3. The Morgan fingerprint density at radius 2 is 2.26 bits per heavy atom. The Morgan fingerprint density at radius 1 is 1.32 bits per heavy atom. The van der Waals surface area contributed by atoms with E-state index in [0.29, 0.717) is 0 Å². The first kappa shape index (κ1) is 11.7. The van der Waals surface area contributed by atoms with Gasteiger partial charge in [-0.2, -0.15) is 0 Å². The fraction of sp³-hybridized carbons (Fsp3) is 0.0667. The first-order valence-electron chi connectivity index (χ1n) is 6.14. The summed E-state index contributed by atoms with van der Waals surface area (Å²) in [6, 6.07) is 9.89. The largest absolute Gasteiger partial charge is 0.349 e. The second-order valence-electron chi connectivity index (χ2n) is 4.39. The number of amides is 1. The fourth-order valence-electron chi connectivity index (χ4n) is 2.30. The summed E-state index contributed by atoms with van der Waals surface area (Å²) in [6.07, 6.45) is 6.48. The molecule has 0 saturated carbocycles. The van der Waals surface area contributed by atoms with Crippen molar-refractivity contribution in [1.82, 2.24) is 10.3 Å². The molecule has 1 amide bonds. The van der Waals surface area contributed by atoms with Crippen molar-refractivity contribution >= 4 is 24.6 Å². The number of carbonyl (C=O) groups excluding carboxylic acids is 1. The Kier molecular flexibility index (Phi) is 3.15. The monoisotopic (exact) mass is 247 g/mol. The van der Waals surface area contributed by atoms with Crippen LogP contribution in [0.3, 0.4) is 0 Å². The average Bonchev–Trinajstić information content (AvgIpc) is 2.98. The van der Waals surface area contributed by atoms with Gasteiger partial charge >= 0.3 is 0 Å². The first-order chi connectivity index (χ1) is 9.38. The van der Waals surface area contributed by atoms with Crippen LogP contribution in [0.4, 0.5) is 0 Å². The Morgan fingerprint density at radius 3 is 3.05 bits per heavy atom. The summed E-state index contributed by atoms with van der Waals surface area (Å²) >= 11 is 0. The highest BCUT2D eigenvalue weighted by molar-refractivity contribution is 6.52. The lowest BCUT2D eigenvalue weighted by Crippen LogP contribution is -2.23. The van der Waals surface area contributed by atoms with Crippen LogP contribution >= 0.6 is 0 Å². The van der Waals surface area contributed by atoms with Gasteiger partial charge in [-0.1, -0.05) is 35.8 Å². The maximum Gasteiger partial charge on any atom is 0.207 e. The minimum absolute atomic E-state index is 0.126. The van der Waals surface area contributed by atoms with Gasteiger partial charge in [-0.25, -0.2) is 0 Å². The van der Waals surface area contributed by atoms with Gasteiger partial charge in [-0.15, -0.1) is 5.98 Å². The van der Waals surface area contributed by atoms with Crippen LogP contribution in [-0.4, -0.2) is 18.7 Å². The van der Waals surface area contributed by atoms with Crippen molar-refractivity contribution in [2.75, 3.05) is 0 Å². The molecule has 19 heavy (non-hydrogen) atoms. The molecule has 0 aliphatic carbocycles. The molecule has 91 valence electrons. The number of aromatic nitrogens is 1. The molecule has 1 aliphatic heterocycles. The Hall–Kier alpha value is -2.36. The van der Waals surface area contributed by atoms with Crippen LogP contribution in [0, 0.1) is 0 Å². The van der Waals surface area contributed by atoms with Crippen molar-refractivity contribution in [3.05, 3.63) is 65.7 Å². The van der Waals surface area contributed by atoms with Gasteiger partial charge in [0.25, 0.3) is 0 Å². The van der Waals surface area contributed by atoms with Gasteiger partial charge in [-0.3, -0.25) is 9.78 Å². The Labute approximate surface area is 112 Å². The minimum Gasteiger partial charge on any atom is -0.349 e. The van der Waals surface area contributed by atoms with Crippen molar-refractivity contribution in [3.63, 3.8) is 0 Å². The third-order valence-corrected chi connectivity index (χ3v) is 3.22. The maximum absolute atomic E-state index is 10.8. The lowest BCUT2D eigenvalue weighted by atomic mass is 9.68. The van der Waals surface area contributed by atoms with Gasteiger partial charge < -0.3 is 5.32 Å². The van der Waals surface area contributed by atoms with E-state index >= 15 is 0 Å². The summed E-state index contributed by atoms with van der Waals surface area (Å²) in [5.74, 6) is 1.97. The van der Waals surface area contributed by atoms with E-state index in [1.807, 2.05) is 55.7 Å². The number of benzene rings is 1. The van der Waals surface area contributed by atoms with Gasteiger partial charge in [0, 0.05) is 11.6 Å². The molecule has 1 aromatic carbocycles. The SMILES string of the molecule is O=CNC(C1=CC=C[B]1)c1ccc2cccnc2c1. The molecular formula is C15H12BN2O. The molecule has 3 nitrogen and oxygen atoms in total. The molecule has 1 aliphatic rings. The lowest BCUT2D eigenvalue weighted by molar-refractivity contribution is -0.109. The molecule has 1 unspecified atom stereocenters. The molecule has 2 aromatic rings. The molecule has 1 atom stereocenters. The topological polar surface area (TPSA) is 42.0 Å². The lowest BCUT2D eigenvalue weighted by Gasteiger charge is -2.18. The van der Waals surface area contributed by atoms with Gasteiger partial charge in [0.05, 0.1) is 11.6 Å². The third kappa shape index (κ3) is 2.29. The molecule has 2 heterocycles. The zero-order chi connectivity index (χ0) is 13.1. The van der Waals surface area contributed by atoms with Crippen LogP contribution in [-0.2, 0) is 4.79 Å².